The summed E-state index contributed by atoms with van der Waals surface area (Å²) in [4.78, 5) is 19.7. The number of hydrogen-bond donors (Lipinski definition) is 2. The number of anilines is 2. The van der Waals surface area contributed by atoms with Gasteiger partial charge in [0.15, 0.2) is 0 Å². The average Bonchev–Trinajstić information content (AvgIpc) is 2.62. The van der Waals surface area contributed by atoms with Crippen LogP contribution in [-0.4, -0.2) is 23.0 Å². The molecule has 1 amide bonds. The lowest BCUT2D eigenvalue weighted by Crippen LogP contribution is -2.10. The van der Waals surface area contributed by atoms with Crippen molar-refractivity contribution in [2.45, 2.75) is 0 Å². The summed E-state index contributed by atoms with van der Waals surface area (Å²) in [7, 11) is 1.63. The second kappa shape index (κ2) is 6.78. The van der Waals surface area contributed by atoms with Crippen LogP contribution in [0.5, 0.6) is 5.75 Å². The van der Waals surface area contributed by atoms with Crippen LogP contribution in [0, 0.1) is 0 Å². The molecule has 2 aromatic carbocycles. The summed E-state index contributed by atoms with van der Waals surface area (Å²) >= 11 is 0. The number of ether oxygens (including phenoxy) is 1. The van der Waals surface area contributed by atoms with Crippen LogP contribution in [0.3, 0.4) is 0 Å². The molecule has 0 radical (unpaired) electrons. The van der Waals surface area contributed by atoms with Crippen molar-refractivity contribution < 1.29 is 9.53 Å². The summed E-state index contributed by atoms with van der Waals surface area (Å²) in [5, 5.41) is 3.15. The number of benzene rings is 2. The molecular formula is C18H16N4O2. The Bertz CT molecular complexity index is 863. The summed E-state index contributed by atoms with van der Waals surface area (Å²) in [6.07, 6.45) is 1.49. The van der Waals surface area contributed by atoms with Crippen molar-refractivity contribution in [3.8, 4) is 17.0 Å². The van der Waals surface area contributed by atoms with Crippen LogP contribution < -0.4 is 15.8 Å². The Hall–Kier alpha value is -3.41. The first-order chi connectivity index (χ1) is 11.7. The first-order valence-electron chi connectivity index (χ1n) is 7.29. The highest BCUT2D eigenvalue weighted by atomic mass is 16.5. The molecule has 0 saturated heterocycles. The average molecular weight is 320 g/mol. The van der Waals surface area contributed by atoms with Gasteiger partial charge < -0.3 is 15.8 Å². The number of aromatic nitrogens is 2. The Morgan fingerprint density at radius 2 is 1.88 bits per heavy atom. The summed E-state index contributed by atoms with van der Waals surface area (Å²) < 4.78 is 5.16. The summed E-state index contributed by atoms with van der Waals surface area (Å²) in [6.45, 7) is 0. The van der Waals surface area contributed by atoms with Gasteiger partial charge in [0.25, 0.3) is 0 Å². The van der Waals surface area contributed by atoms with E-state index in [-0.39, 0.29) is 0 Å². The predicted octanol–water partition coefficient (Wildman–Crippen LogP) is 2.99. The lowest BCUT2D eigenvalue weighted by atomic mass is 10.1. The van der Waals surface area contributed by atoms with E-state index in [0.29, 0.717) is 11.4 Å². The third-order valence-corrected chi connectivity index (χ3v) is 3.47. The van der Waals surface area contributed by atoms with Gasteiger partial charge in [0.2, 0.25) is 5.91 Å². The first-order valence-corrected chi connectivity index (χ1v) is 7.29. The zero-order chi connectivity index (χ0) is 16.9. The van der Waals surface area contributed by atoms with Gasteiger partial charge in [-0.25, -0.2) is 9.97 Å². The number of carbonyl (C=O) groups excluding carboxylic acids is 1. The molecular weight excluding hydrogens is 304 g/mol. The maximum absolute atomic E-state index is 11.3. The summed E-state index contributed by atoms with van der Waals surface area (Å²) in [6, 6.07) is 16.4. The Kier molecular flexibility index (Phi) is 4.38. The van der Waals surface area contributed by atoms with Crippen molar-refractivity contribution >= 4 is 17.4 Å². The van der Waals surface area contributed by atoms with Crippen LogP contribution in [0.25, 0.3) is 11.3 Å². The zero-order valence-electron chi connectivity index (χ0n) is 13.1. The first kappa shape index (κ1) is 15.5. The molecule has 0 aliphatic carbocycles. The van der Waals surface area contributed by atoms with Crippen LogP contribution >= 0.6 is 0 Å². The Morgan fingerprint density at radius 3 is 2.58 bits per heavy atom. The number of rotatable bonds is 5. The van der Waals surface area contributed by atoms with Crippen LogP contribution in [0.4, 0.5) is 11.5 Å². The maximum Gasteiger partial charge on any atom is 0.248 e. The van der Waals surface area contributed by atoms with Crippen molar-refractivity contribution in [1.82, 2.24) is 9.97 Å². The van der Waals surface area contributed by atoms with Crippen LogP contribution in [0.15, 0.2) is 60.9 Å². The summed E-state index contributed by atoms with van der Waals surface area (Å²) in [5.41, 5.74) is 8.19. The van der Waals surface area contributed by atoms with Gasteiger partial charge in [0.05, 0.1) is 12.8 Å². The van der Waals surface area contributed by atoms with Crippen LogP contribution in [-0.2, 0) is 0 Å². The van der Waals surface area contributed by atoms with E-state index in [1.165, 1.54) is 6.33 Å². The van der Waals surface area contributed by atoms with Crippen molar-refractivity contribution in [2.24, 2.45) is 5.73 Å². The van der Waals surface area contributed by atoms with Crippen molar-refractivity contribution in [3.05, 3.63) is 66.5 Å². The highest BCUT2D eigenvalue weighted by molar-refractivity contribution is 5.93. The topological polar surface area (TPSA) is 90.1 Å². The Labute approximate surface area is 139 Å². The Balaban J connectivity index is 1.85. The third kappa shape index (κ3) is 3.49. The molecule has 0 saturated carbocycles. The minimum Gasteiger partial charge on any atom is -0.497 e. The van der Waals surface area contributed by atoms with Gasteiger partial charge in [-0.3, -0.25) is 4.79 Å². The number of carbonyl (C=O) groups is 1. The molecule has 0 bridgehead atoms. The SMILES string of the molecule is COc1ccc(-c2cc(Nc3cccc(C(N)=O)c3)ncn2)cc1. The lowest BCUT2D eigenvalue weighted by molar-refractivity contribution is 0.100. The molecule has 1 heterocycles. The fourth-order valence-electron chi connectivity index (χ4n) is 2.24. The van der Waals surface area contributed by atoms with E-state index in [4.69, 9.17) is 10.5 Å². The van der Waals surface area contributed by atoms with E-state index in [1.807, 2.05) is 36.4 Å². The molecule has 1 aromatic heterocycles. The second-order valence-corrected chi connectivity index (χ2v) is 5.09. The van der Waals surface area contributed by atoms with E-state index in [1.54, 1.807) is 25.3 Å². The minimum atomic E-state index is -0.472. The molecule has 0 aliphatic rings. The standard InChI is InChI=1S/C18H16N4O2/c1-24-15-7-5-12(6-8-15)16-10-17(21-11-20-16)22-14-4-2-3-13(9-14)18(19)23/h2-11H,1H3,(H2,19,23)(H,20,21,22). The van der Waals surface area contributed by atoms with Crippen molar-refractivity contribution in [1.29, 1.82) is 0 Å². The molecule has 0 unspecified atom stereocenters. The zero-order valence-corrected chi connectivity index (χ0v) is 13.1. The molecule has 0 fully saturated rings. The molecule has 0 spiro atoms. The van der Waals surface area contributed by atoms with E-state index in [0.717, 1.165) is 22.7 Å². The fraction of sp³-hybridized carbons (Fsp3) is 0.0556. The molecule has 24 heavy (non-hydrogen) atoms. The number of methoxy groups -OCH3 is 1. The van der Waals surface area contributed by atoms with Crippen LogP contribution in [0.2, 0.25) is 0 Å². The molecule has 3 aromatic rings. The van der Waals surface area contributed by atoms with Gasteiger partial charge in [-0.2, -0.15) is 0 Å². The number of nitrogens with zero attached hydrogens (tertiary/aromatic N) is 2. The fourth-order valence-corrected chi connectivity index (χ4v) is 2.24. The number of primary amides is 1. The van der Waals surface area contributed by atoms with E-state index in [9.17, 15) is 4.79 Å². The van der Waals surface area contributed by atoms with E-state index >= 15 is 0 Å². The molecule has 0 atom stereocenters. The second-order valence-electron chi connectivity index (χ2n) is 5.09. The van der Waals surface area contributed by atoms with Crippen LogP contribution in [0.1, 0.15) is 10.4 Å². The molecule has 120 valence electrons. The number of hydrogen-bond acceptors (Lipinski definition) is 5. The molecule has 0 aliphatic heterocycles. The highest BCUT2D eigenvalue weighted by Crippen LogP contribution is 2.23. The van der Waals surface area contributed by atoms with Gasteiger partial charge in [0.1, 0.15) is 17.9 Å². The Morgan fingerprint density at radius 1 is 1.08 bits per heavy atom. The minimum absolute atomic E-state index is 0.435. The van der Waals surface area contributed by atoms with Gasteiger partial charge in [-0.05, 0) is 42.5 Å². The quantitative estimate of drug-likeness (QED) is 0.754. The molecule has 3 N–H and O–H groups in total. The monoisotopic (exact) mass is 320 g/mol. The smallest absolute Gasteiger partial charge is 0.248 e. The number of nitrogens with two attached hydrogens (primary N) is 1. The van der Waals surface area contributed by atoms with Crippen molar-refractivity contribution in [2.75, 3.05) is 12.4 Å². The molecule has 3 rings (SSSR count). The van der Waals surface area contributed by atoms with Gasteiger partial charge in [-0.1, -0.05) is 6.07 Å². The normalized spacial score (nSPS) is 10.2. The predicted molar refractivity (Wildman–Crippen MR) is 92.3 cm³/mol. The van der Waals surface area contributed by atoms with E-state index < -0.39 is 5.91 Å². The molecule has 6 nitrogen and oxygen atoms in total. The van der Waals surface area contributed by atoms with Gasteiger partial charge in [0, 0.05) is 22.9 Å². The highest BCUT2D eigenvalue weighted by Gasteiger charge is 2.05. The largest absolute Gasteiger partial charge is 0.497 e. The lowest BCUT2D eigenvalue weighted by Gasteiger charge is -2.08. The van der Waals surface area contributed by atoms with Gasteiger partial charge in [-0.15, -0.1) is 0 Å². The molecule has 6 heteroatoms. The van der Waals surface area contributed by atoms with E-state index in [2.05, 4.69) is 15.3 Å². The number of amides is 1. The number of nitrogens with one attached hydrogen (secondary N) is 1. The maximum atomic E-state index is 11.3. The van der Waals surface area contributed by atoms with Gasteiger partial charge >= 0.3 is 0 Å². The summed E-state index contributed by atoms with van der Waals surface area (Å²) in [5.74, 6) is 0.937. The van der Waals surface area contributed by atoms with Crippen molar-refractivity contribution in [3.63, 3.8) is 0 Å². The third-order valence-electron chi connectivity index (χ3n) is 3.47.